The first-order chi connectivity index (χ1) is 9.06. The number of piperidine rings is 1. The third kappa shape index (κ3) is 3.83. The number of carbonyl (C=O) groups excluding carboxylic acids is 1. The fourth-order valence-corrected chi connectivity index (χ4v) is 2.85. The standard InChI is InChI=1S/C14H27N3O2/c1-16(2)13(19)17-8-3-12(4-9-17)15-11-14(5-6-14)7-10-18/h12,15,18H,3-11H2,1-2H3. The van der Waals surface area contributed by atoms with Crippen LogP contribution >= 0.6 is 0 Å². The summed E-state index contributed by atoms with van der Waals surface area (Å²) in [6, 6.07) is 0.653. The van der Waals surface area contributed by atoms with Gasteiger partial charge < -0.3 is 20.2 Å². The molecule has 5 nitrogen and oxygen atoms in total. The lowest BCUT2D eigenvalue weighted by Gasteiger charge is -2.34. The summed E-state index contributed by atoms with van der Waals surface area (Å²) in [5.41, 5.74) is 0.380. The van der Waals surface area contributed by atoms with Gasteiger partial charge in [-0.25, -0.2) is 4.79 Å². The minimum absolute atomic E-state index is 0.123. The van der Waals surface area contributed by atoms with E-state index in [1.807, 2.05) is 4.90 Å². The Hall–Kier alpha value is -0.810. The van der Waals surface area contributed by atoms with Gasteiger partial charge in [-0.2, -0.15) is 0 Å². The molecule has 0 bridgehead atoms. The van der Waals surface area contributed by atoms with Gasteiger partial charge in [0.05, 0.1) is 0 Å². The molecule has 2 amide bonds. The fraction of sp³-hybridized carbons (Fsp3) is 0.929. The van der Waals surface area contributed by atoms with Crippen LogP contribution in [0.2, 0.25) is 0 Å². The van der Waals surface area contributed by atoms with Gasteiger partial charge in [0.1, 0.15) is 0 Å². The molecule has 1 saturated carbocycles. The molecule has 2 N–H and O–H groups in total. The van der Waals surface area contributed by atoms with Crippen molar-refractivity contribution in [3.63, 3.8) is 0 Å². The van der Waals surface area contributed by atoms with Gasteiger partial charge in [0.2, 0.25) is 0 Å². The summed E-state index contributed by atoms with van der Waals surface area (Å²) in [7, 11) is 3.61. The lowest BCUT2D eigenvalue weighted by molar-refractivity contribution is 0.150. The smallest absolute Gasteiger partial charge is 0.319 e. The number of nitrogens with zero attached hydrogens (tertiary/aromatic N) is 2. The lowest BCUT2D eigenvalue weighted by atomic mass is 10.0. The minimum Gasteiger partial charge on any atom is -0.396 e. The highest BCUT2D eigenvalue weighted by Crippen LogP contribution is 2.48. The van der Waals surface area contributed by atoms with Gasteiger partial charge >= 0.3 is 6.03 Å². The Morgan fingerprint density at radius 2 is 2.00 bits per heavy atom. The number of amides is 2. The van der Waals surface area contributed by atoms with Crippen molar-refractivity contribution in [3.8, 4) is 0 Å². The van der Waals surface area contributed by atoms with Gasteiger partial charge in [-0.1, -0.05) is 0 Å². The molecule has 19 heavy (non-hydrogen) atoms. The van der Waals surface area contributed by atoms with Crippen LogP contribution in [0.1, 0.15) is 32.1 Å². The highest BCUT2D eigenvalue weighted by molar-refractivity contribution is 5.73. The van der Waals surface area contributed by atoms with Gasteiger partial charge in [-0.3, -0.25) is 0 Å². The zero-order chi connectivity index (χ0) is 13.9. The second kappa shape index (κ2) is 6.09. The van der Waals surface area contributed by atoms with E-state index < -0.39 is 0 Å². The van der Waals surface area contributed by atoms with Crippen molar-refractivity contribution in [1.82, 2.24) is 15.1 Å². The van der Waals surface area contributed by atoms with Crippen LogP contribution in [-0.2, 0) is 0 Å². The predicted molar refractivity (Wildman–Crippen MR) is 75.1 cm³/mol. The Balaban J connectivity index is 1.68. The van der Waals surface area contributed by atoms with Gasteiger partial charge in [-0.05, 0) is 37.5 Å². The molecule has 0 radical (unpaired) electrons. The van der Waals surface area contributed by atoms with E-state index >= 15 is 0 Å². The summed E-state index contributed by atoms with van der Waals surface area (Å²) in [4.78, 5) is 15.4. The van der Waals surface area contributed by atoms with E-state index in [-0.39, 0.29) is 6.03 Å². The first-order valence-corrected chi connectivity index (χ1v) is 7.37. The molecule has 2 fully saturated rings. The molecule has 0 aromatic heterocycles. The number of aliphatic hydroxyl groups excluding tert-OH is 1. The van der Waals surface area contributed by atoms with E-state index in [9.17, 15) is 4.79 Å². The normalized spacial score (nSPS) is 22.4. The molecule has 1 heterocycles. The predicted octanol–water partition coefficient (Wildman–Crippen LogP) is 0.885. The Morgan fingerprint density at radius 3 is 2.47 bits per heavy atom. The van der Waals surface area contributed by atoms with Crippen molar-refractivity contribution in [3.05, 3.63) is 0 Å². The number of hydrogen-bond donors (Lipinski definition) is 2. The number of hydrogen-bond acceptors (Lipinski definition) is 3. The van der Waals surface area contributed by atoms with Crippen molar-refractivity contribution in [2.75, 3.05) is 40.3 Å². The third-order valence-corrected chi connectivity index (χ3v) is 4.51. The average Bonchev–Trinajstić information content (AvgIpc) is 3.17. The molecule has 1 saturated heterocycles. The van der Waals surface area contributed by atoms with E-state index in [0.29, 0.717) is 18.1 Å². The summed E-state index contributed by atoms with van der Waals surface area (Å²) in [6.45, 7) is 3.03. The van der Waals surface area contributed by atoms with Crippen molar-refractivity contribution in [1.29, 1.82) is 0 Å². The molecule has 0 unspecified atom stereocenters. The zero-order valence-electron chi connectivity index (χ0n) is 12.2. The van der Waals surface area contributed by atoms with E-state index in [1.54, 1.807) is 19.0 Å². The third-order valence-electron chi connectivity index (χ3n) is 4.51. The second-order valence-electron chi connectivity index (χ2n) is 6.29. The summed E-state index contributed by atoms with van der Waals surface area (Å²) in [5.74, 6) is 0. The number of rotatable bonds is 5. The number of aliphatic hydroxyl groups is 1. The van der Waals surface area contributed by atoms with E-state index in [0.717, 1.165) is 38.9 Å². The quantitative estimate of drug-likeness (QED) is 0.779. The molecule has 0 aromatic rings. The van der Waals surface area contributed by atoms with Crippen LogP contribution in [0.5, 0.6) is 0 Å². The van der Waals surface area contributed by atoms with Crippen LogP contribution in [0.3, 0.4) is 0 Å². The van der Waals surface area contributed by atoms with Crippen LogP contribution in [0.15, 0.2) is 0 Å². The van der Waals surface area contributed by atoms with Gasteiger partial charge in [0, 0.05) is 46.4 Å². The van der Waals surface area contributed by atoms with E-state index in [4.69, 9.17) is 5.11 Å². The molecule has 0 aromatic carbocycles. The topological polar surface area (TPSA) is 55.8 Å². The largest absolute Gasteiger partial charge is 0.396 e. The molecule has 2 aliphatic rings. The zero-order valence-corrected chi connectivity index (χ0v) is 12.2. The molecular weight excluding hydrogens is 242 g/mol. The van der Waals surface area contributed by atoms with Gasteiger partial charge in [0.25, 0.3) is 0 Å². The first kappa shape index (κ1) is 14.6. The molecule has 5 heteroatoms. The average molecular weight is 269 g/mol. The minimum atomic E-state index is 0.123. The molecular formula is C14H27N3O2. The molecule has 1 aliphatic heterocycles. The fourth-order valence-electron chi connectivity index (χ4n) is 2.85. The second-order valence-corrected chi connectivity index (χ2v) is 6.29. The monoisotopic (exact) mass is 269 g/mol. The van der Waals surface area contributed by atoms with E-state index in [1.165, 1.54) is 12.8 Å². The molecule has 1 aliphatic carbocycles. The highest BCUT2D eigenvalue weighted by Gasteiger charge is 2.41. The van der Waals surface area contributed by atoms with Crippen molar-refractivity contribution < 1.29 is 9.90 Å². The van der Waals surface area contributed by atoms with E-state index in [2.05, 4.69) is 5.32 Å². The van der Waals surface area contributed by atoms with Crippen LogP contribution in [0.4, 0.5) is 4.79 Å². The van der Waals surface area contributed by atoms with Crippen LogP contribution in [0.25, 0.3) is 0 Å². The maximum Gasteiger partial charge on any atom is 0.319 e. The first-order valence-electron chi connectivity index (χ1n) is 7.37. The highest BCUT2D eigenvalue weighted by atomic mass is 16.3. The SMILES string of the molecule is CN(C)C(=O)N1CCC(NCC2(CCO)CC2)CC1. The van der Waals surface area contributed by atoms with Crippen LogP contribution in [0, 0.1) is 5.41 Å². The van der Waals surface area contributed by atoms with Crippen molar-refractivity contribution >= 4 is 6.03 Å². The van der Waals surface area contributed by atoms with Crippen LogP contribution < -0.4 is 5.32 Å². The summed E-state index contributed by atoms with van der Waals surface area (Å²) >= 11 is 0. The maximum absolute atomic E-state index is 11.8. The molecule has 2 rings (SSSR count). The molecule has 0 spiro atoms. The number of carbonyl (C=O) groups is 1. The number of likely N-dealkylation sites (tertiary alicyclic amines) is 1. The lowest BCUT2D eigenvalue weighted by Crippen LogP contribution is -2.48. The van der Waals surface area contributed by atoms with Crippen molar-refractivity contribution in [2.45, 2.75) is 38.1 Å². The number of urea groups is 1. The summed E-state index contributed by atoms with van der Waals surface area (Å²) in [6.07, 6.45) is 5.50. The molecule has 0 atom stereocenters. The summed E-state index contributed by atoms with van der Waals surface area (Å²) < 4.78 is 0. The summed E-state index contributed by atoms with van der Waals surface area (Å²) in [5, 5.41) is 12.7. The number of nitrogens with one attached hydrogen (secondary N) is 1. The Morgan fingerprint density at radius 1 is 1.37 bits per heavy atom. The molecule has 110 valence electrons. The Bertz CT molecular complexity index is 308. The van der Waals surface area contributed by atoms with Gasteiger partial charge in [0.15, 0.2) is 0 Å². The Labute approximate surface area is 115 Å². The van der Waals surface area contributed by atoms with Gasteiger partial charge in [-0.15, -0.1) is 0 Å². The Kier molecular flexibility index (Phi) is 4.68. The van der Waals surface area contributed by atoms with Crippen LogP contribution in [-0.4, -0.2) is 67.3 Å². The maximum atomic E-state index is 11.8. The van der Waals surface area contributed by atoms with Crippen molar-refractivity contribution in [2.24, 2.45) is 5.41 Å².